The standard InChI is InChI=1S/C22H26ClNO5/c1-27-18-10-14(11-19(28-2)21(18)29-3)20(26)17(25)12-22(8-9-24-13-22)15-4-6-16(23)7-5-15/h4-7,10-11,17,24-25H,8-9,12-13H2,1-3H3. The van der Waals surface area contributed by atoms with E-state index in [9.17, 15) is 9.90 Å². The van der Waals surface area contributed by atoms with E-state index in [2.05, 4.69) is 5.32 Å². The van der Waals surface area contributed by atoms with Crippen LogP contribution in [0.4, 0.5) is 0 Å². The van der Waals surface area contributed by atoms with Crippen LogP contribution in [0.5, 0.6) is 17.2 Å². The fourth-order valence-corrected chi connectivity index (χ4v) is 4.09. The number of ketones is 1. The zero-order valence-electron chi connectivity index (χ0n) is 16.8. The molecule has 2 aromatic carbocycles. The van der Waals surface area contributed by atoms with Gasteiger partial charge in [-0.05, 0) is 49.2 Å². The Morgan fingerprint density at radius 3 is 2.24 bits per heavy atom. The molecule has 6 nitrogen and oxygen atoms in total. The number of hydrogen-bond acceptors (Lipinski definition) is 6. The first kappa shape index (κ1) is 21.4. The second-order valence-corrected chi connectivity index (χ2v) is 7.65. The van der Waals surface area contributed by atoms with Crippen molar-refractivity contribution in [1.82, 2.24) is 5.32 Å². The summed E-state index contributed by atoms with van der Waals surface area (Å²) in [6, 6.07) is 10.7. The van der Waals surface area contributed by atoms with Gasteiger partial charge in [0.15, 0.2) is 17.3 Å². The fraction of sp³-hybridized carbons (Fsp3) is 0.409. The molecular formula is C22H26ClNO5. The first-order valence-electron chi connectivity index (χ1n) is 9.43. The maximum atomic E-state index is 13.1. The van der Waals surface area contributed by atoms with Crippen LogP contribution in [0.3, 0.4) is 0 Å². The van der Waals surface area contributed by atoms with Gasteiger partial charge < -0.3 is 24.6 Å². The van der Waals surface area contributed by atoms with Crippen LogP contribution in [0.15, 0.2) is 36.4 Å². The Hall–Kier alpha value is -2.28. The van der Waals surface area contributed by atoms with Crippen molar-refractivity contribution < 1.29 is 24.1 Å². The highest BCUT2D eigenvalue weighted by atomic mass is 35.5. The van der Waals surface area contributed by atoms with Crippen molar-refractivity contribution in [2.75, 3.05) is 34.4 Å². The molecule has 2 aromatic rings. The smallest absolute Gasteiger partial charge is 0.203 e. The van der Waals surface area contributed by atoms with Gasteiger partial charge in [-0.15, -0.1) is 0 Å². The van der Waals surface area contributed by atoms with E-state index >= 15 is 0 Å². The van der Waals surface area contributed by atoms with Gasteiger partial charge in [0.2, 0.25) is 5.75 Å². The summed E-state index contributed by atoms with van der Waals surface area (Å²) in [5, 5.41) is 14.9. The topological polar surface area (TPSA) is 77.0 Å². The van der Waals surface area contributed by atoms with E-state index in [1.807, 2.05) is 24.3 Å². The van der Waals surface area contributed by atoms with Crippen molar-refractivity contribution in [3.63, 3.8) is 0 Å². The maximum Gasteiger partial charge on any atom is 0.203 e. The van der Waals surface area contributed by atoms with Gasteiger partial charge >= 0.3 is 0 Å². The number of halogens is 1. The number of nitrogens with one attached hydrogen (secondary N) is 1. The van der Waals surface area contributed by atoms with Gasteiger partial charge in [0.25, 0.3) is 0 Å². The molecule has 7 heteroatoms. The van der Waals surface area contributed by atoms with Gasteiger partial charge in [-0.3, -0.25) is 4.79 Å². The van der Waals surface area contributed by atoms with Crippen molar-refractivity contribution in [3.8, 4) is 17.2 Å². The molecule has 1 heterocycles. The van der Waals surface area contributed by atoms with Crippen LogP contribution in [0.25, 0.3) is 0 Å². The van der Waals surface area contributed by atoms with Crippen LogP contribution in [0.1, 0.15) is 28.8 Å². The number of hydrogen-bond donors (Lipinski definition) is 2. The summed E-state index contributed by atoms with van der Waals surface area (Å²) in [5.74, 6) is 0.762. The lowest BCUT2D eigenvalue weighted by Gasteiger charge is -2.31. The molecule has 2 unspecified atom stereocenters. The summed E-state index contributed by atoms with van der Waals surface area (Å²) < 4.78 is 15.9. The lowest BCUT2D eigenvalue weighted by molar-refractivity contribution is 0.0677. The number of carbonyl (C=O) groups excluding carboxylic acids is 1. The Morgan fingerprint density at radius 2 is 1.76 bits per heavy atom. The molecule has 3 rings (SSSR count). The molecule has 0 amide bonds. The molecule has 0 bridgehead atoms. The third-order valence-electron chi connectivity index (χ3n) is 5.54. The molecule has 29 heavy (non-hydrogen) atoms. The molecule has 1 fully saturated rings. The summed E-state index contributed by atoms with van der Waals surface area (Å²) in [4.78, 5) is 13.1. The first-order chi connectivity index (χ1) is 13.9. The van der Waals surface area contributed by atoms with Crippen molar-refractivity contribution in [2.45, 2.75) is 24.4 Å². The molecule has 156 valence electrons. The number of methoxy groups -OCH3 is 3. The van der Waals surface area contributed by atoms with Crippen LogP contribution >= 0.6 is 11.6 Å². The number of aliphatic hydroxyl groups is 1. The van der Waals surface area contributed by atoms with Crippen molar-refractivity contribution in [2.24, 2.45) is 0 Å². The van der Waals surface area contributed by atoms with Crippen molar-refractivity contribution in [3.05, 3.63) is 52.5 Å². The Balaban J connectivity index is 1.88. The highest BCUT2D eigenvalue weighted by molar-refractivity contribution is 6.30. The molecular weight excluding hydrogens is 394 g/mol. The number of carbonyl (C=O) groups is 1. The fourth-order valence-electron chi connectivity index (χ4n) is 3.96. The van der Waals surface area contributed by atoms with Crippen LogP contribution in [-0.2, 0) is 5.41 Å². The summed E-state index contributed by atoms with van der Waals surface area (Å²) in [7, 11) is 4.48. The maximum absolute atomic E-state index is 13.1. The molecule has 1 aliphatic heterocycles. The molecule has 2 N–H and O–H groups in total. The zero-order chi connectivity index (χ0) is 21.0. The molecule has 0 aliphatic carbocycles. The van der Waals surface area contributed by atoms with E-state index in [1.54, 1.807) is 12.1 Å². The molecule has 1 saturated heterocycles. The van der Waals surface area contributed by atoms with E-state index in [0.29, 0.717) is 40.8 Å². The number of aliphatic hydroxyl groups excluding tert-OH is 1. The Morgan fingerprint density at radius 1 is 1.14 bits per heavy atom. The quantitative estimate of drug-likeness (QED) is 0.640. The molecule has 0 aromatic heterocycles. The van der Waals surface area contributed by atoms with Crippen molar-refractivity contribution in [1.29, 1.82) is 0 Å². The molecule has 2 atom stereocenters. The lowest BCUT2D eigenvalue weighted by atomic mass is 9.74. The normalized spacial score (nSPS) is 19.6. The Bertz CT molecular complexity index is 837. The largest absolute Gasteiger partial charge is 0.493 e. The number of Topliss-reactive ketones (excluding diaryl/α,β-unsaturated/α-hetero) is 1. The Labute approximate surface area is 175 Å². The van der Waals surface area contributed by atoms with Gasteiger partial charge in [0.1, 0.15) is 6.10 Å². The van der Waals surface area contributed by atoms with E-state index < -0.39 is 6.10 Å². The van der Waals surface area contributed by atoms with Crippen LogP contribution < -0.4 is 19.5 Å². The van der Waals surface area contributed by atoms with Gasteiger partial charge in [0, 0.05) is 22.5 Å². The van der Waals surface area contributed by atoms with Crippen LogP contribution in [0.2, 0.25) is 5.02 Å². The molecule has 1 aliphatic rings. The van der Waals surface area contributed by atoms with Gasteiger partial charge in [0.05, 0.1) is 21.3 Å². The lowest BCUT2D eigenvalue weighted by Crippen LogP contribution is -2.36. The van der Waals surface area contributed by atoms with E-state index in [-0.39, 0.29) is 11.2 Å². The summed E-state index contributed by atoms with van der Waals surface area (Å²) in [6.07, 6.45) is -0.0425. The Kier molecular flexibility index (Phi) is 6.67. The van der Waals surface area contributed by atoms with Gasteiger partial charge in [-0.25, -0.2) is 0 Å². The minimum atomic E-state index is -1.17. The zero-order valence-corrected chi connectivity index (χ0v) is 17.6. The van der Waals surface area contributed by atoms with E-state index in [4.69, 9.17) is 25.8 Å². The first-order valence-corrected chi connectivity index (χ1v) is 9.81. The van der Waals surface area contributed by atoms with E-state index in [0.717, 1.165) is 18.5 Å². The van der Waals surface area contributed by atoms with Crippen molar-refractivity contribution >= 4 is 17.4 Å². The predicted molar refractivity (Wildman–Crippen MR) is 112 cm³/mol. The van der Waals surface area contributed by atoms with Gasteiger partial charge in [-0.1, -0.05) is 23.7 Å². The number of ether oxygens (including phenoxy) is 3. The predicted octanol–water partition coefficient (Wildman–Crippen LogP) is 3.23. The van der Waals surface area contributed by atoms with E-state index in [1.165, 1.54) is 21.3 Å². The number of benzene rings is 2. The number of rotatable bonds is 8. The third-order valence-corrected chi connectivity index (χ3v) is 5.79. The van der Waals surface area contributed by atoms with Crippen LogP contribution in [0, 0.1) is 0 Å². The second kappa shape index (κ2) is 9.03. The minimum Gasteiger partial charge on any atom is -0.493 e. The molecule has 0 spiro atoms. The summed E-state index contributed by atoms with van der Waals surface area (Å²) in [5.41, 5.74) is 1.04. The average molecular weight is 420 g/mol. The monoisotopic (exact) mass is 419 g/mol. The second-order valence-electron chi connectivity index (χ2n) is 7.21. The highest BCUT2D eigenvalue weighted by Gasteiger charge is 2.39. The third kappa shape index (κ3) is 4.34. The summed E-state index contributed by atoms with van der Waals surface area (Å²) >= 11 is 6.03. The summed E-state index contributed by atoms with van der Waals surface area (Å²) in [6.45, 7) is 1.52. The molecule has 0 saturated carbocycles. The van der Waals surface area contributed by atoms with Crippen LogP contribution in [-0.4, -0.2) is 51.4 Å². The highest BCUT2D eigenvalue weighted by Crippen LogP contribution is 2.40. The SMILES string of the molecule is COc1cc(C(=O)C(O)CC2(c3ccc(Cl)cc3)CCNC2)cc(OC)c1OC. The average Bonchev–Trinajstić information content (AvgIpc) is 3.21. The van der Waals surface area contributed by atoms with Gasteiger partial charge in [-0.2, -0.15) is 0 Å². The minimum absolute atomic E-state index is 0.303. The molecule has 0 radical (unpaired) electrons.